The Bertz CT molecular complexity index is 245. The molecule has 3 heteroatoms. The van der Waals surface area contributed by atoms with E-state index >= 15 is 0 Å². The van der Waals surface area contributed by atoms with Crippen LogP contribution in [0, 0.1) is 11.8 Å². The minimum absolute atomic E-state index is 0.0640. The normalized spacial score (nSPS) is 27.6. The first kappa shape index (κ1) is 15.5. The van der Waals surface area contributed by atoms with Crippen LogP contribution < -0.4 is 11.1 Å². The molecular weight excluding hydrogens is 224 g/mol. The van der Waals surface area contributed by atoms with E-state index in [1.807, 2.05) is 13.8 Å². The van der Waals surface area contributed by atoms with E-state index in [0.717, 1.165) is 18.8 Å². The lowest BCUT2D eigenvalue weighted by atomic mass is 9.83. The fraction of sp³-hybridized carbons (Fsp3) is 0.933. The van der Waals surface area contributed by atoms with Crippen molar-refractivity contribution < 1.29 is 4.79 Å². The van der Waals surface area contributed by atoms with Crippen LogP contribution in [0.5, 0.6) is 0 Å². The molecule has 1 fully saturated rings. The molecule has 0 aromatic carbocycles. The van der Waals surface area contributed by atoms with Gasteiger partial charge in [0.2, 0.25) is 5.91 Å². The molecule has 106 valence electrons. The Labute approximate surface area is 112 Å². The Hall–Kier alpha value is -0.570. The molecule has 18 heavy (non-hydrogen) atoms. The highest BCUT2D eigenvalue weighted by molar-refractivity contribution is 5.79. The number of carbonyl (C=O) groups excluding carboxylic acids is 1. The fourth-order valence-electron chi connectivity index (χ4n) is 2.66. The number of carbonyl (C=O) groups is 1. The first-order valence-corrected chi connectivity index (χ1v) is 7.60. The van der Waals surface area contributed by atoms with Gasteiger partial charge in [0.05, 0.1) is 0 Å². The number of hydrogen-bond donors (Lipinski definition) is 2. The molecule has 0 aliphatic heterocycles. The van der Waals surface area contributed by atoms with Gasteiger partial charge in [-0.2, -0.15) is 0 Å². The smallest absolute Gasteiger partial charge is 0.224 e. The SMILES string of the molecule is CCCCC1CCC(NC(=O)C(C)C(C)N)CC1. The van der Waals surface area contributed by atoms with Gasteiger partial charge in [0.25, 0.3) is 0 Å². The molecule has 1 aliphatic carbocycles. The Morgan fingerprint density at radius 3 is 2.39 bits per heavy atom. The van der Waals surface area contributed by atoms with Crippen LogP contribution in [-0.4, -0.2) is 18.0 Å². The van der Waals surface area contributed by atoms with Crippen molar-refractivity contribution in [3.8, 4) is 0 Å². The van der Waals surface area contributed by atoms with Crippen molar-refractivity contribution in [2.45, 2.75) is 77.8 Å². The van der Waals surface area contributed by atoms with E-state index in [0.29, 0.717) is 6.04 Å². The number of nitrogens with one attached hydrogen (secondary N) is 1. The van der Waals surface area contributed by atoms with Crippen LogP contribution in [0.4, 0.5) is 0 Å². The average Bonchev–Trinajstić information content (AvgIpc) is 2.36. The van der Waals surface area contributed by atoms with E-state index in [9.17, 15) is 4.79 Å². The third kappa shape index (κ3) is 4.97. The molecule has 1 saturated carbocycles. The van der Waals surface area contributed by atoms with Gasteiger partial charge in [0, 0.05) is 18.0 Å². The van der Waals surface area contributed by atoms with Crippen LogP contribution in [0.15, 0.2) is 0 Å². The second-order valence-electron chi connectivity index (χ2n) is 6.02. The molecule has 0 saturated heterocycles. The van der Waals surface area contributed by atoms with E-state index in [1.54, 1.807) is 0 Å². The largest absolute Gasteiger partial charge is 0.353 e. The second kappa shape index (κ2) is 7.78. The quantitative estimate of drug-likeness (QED) is 0.766. The summed E-state index contributed by atoms with van der Waals surface area (Å²) in [5.41, 5.74) is 5.76. The molecule has 0 heterocycles. The zero-order valence-corrected chi connectivity index (χ0v) is 12.2. The van der Waals surface area contributed by atoms with E-state index in [2.05, 4.69) is 12.2 Å². The second-order valence-corrected chi connectivity index (χ2v) is 6.02. The summed E-state index contributed by atoms with van der Waals surface area (Å²) < 4.78 is 0. The van der Waals surface area contributed by atoms with Crippen LogP contribution in [0.2, 0.25) is 0 Å². The predicted octanol–water partition coefficient (Wildman–Crippen LogP) is 2.83. The predicted molar refractivity (Wildman–Crippen MR) is 76.2 cm³/mol. The monoisotopic (exact) mass is 254 g/mol. The summed E-state index contributed by atoms with van der Waals surface area (Å²) in [6, 6.07) is 0.322. The molecule has 0 spiro atoms. The van der Waals surface area contributed by atoms with Crippen LogP contribution >= 0.6 is 0 Å². The first-order chi connectivity index (χ1) is 8.54. The topological polar surface area (TPSA) is 55.1 Å². The molecule has 2 atom stereocenters. The van der Waals surface area contributed by atoms with E-state index in [4.69, 9.17) is 5.73 Å². The van der Waals surface area contributed by atoms with Crippen LogP contribution in [0.25, 0.3) is 0 Å². The molecule has 1 aliphatic rings. The molecule has 1 rings (SSSR count). The van der Waals surface area contributed by atoms with Gasteiger partial charge in [0.15, 0.2) is 0 Å². The third-order valence-electron chi connectivity index (χ3n) is 4.36. The summed E-state index contributed by atoms with van der Waals surface area (Å²) in [5, 5.41) is 3.16. The van der Waals surface area contributed by atoms with Gasteiger partial charge in [-0.25, -0.2) is 0 Å². The molecule has 0 aromatic heterocycles. The number of nitrogens with two attached hydrogens (primary N) is 1. The van der Waals surface area contributed by atoms with Gasteiger partial charge < -0.3 is 11.1 Å². The van der Waals surface area contributed by atoms with Gasteiger partial charge >= 0.3 is 0 Å². The maximum Gasteiger partial charge on any atom is 0.224 e. The summed E-state index contributed by atoms with van der Waals surface area (Å²) in [6.07, 6.45) is 8.85. The van der Waals surface area contributed by atoms with Gasteiger partial charge in [0.1, 0.15) is 0 Å². The summed E-state index contributed by atoms with van der Waals surface area (Å²) in [4.78, 5) is 11.9. The summed E-state index contributed by atoms with van der Waals surface area (Å²) in [5.74, 6) is 0.939. The fourth-order valence-corrected chi connectivity index (χ4v) is 2.66. The van der Waals surface area contributed by atoms with Crippen LogP contribution in [0.1, 0.15) is 65.7 Å². The van der Waals surface area contributed by atoms with Crippen molar-refractivity contribution >= 4 is 5.91 Å². The van der Waals surface area contributed by atoms with Gasteiger partial charge in [-0.3, -0.25) is 4.79 Å². The lowest BCUT2D eigenvalue weighted by Gasteiger charge is -2.30. The molecule has 0 bridgehead atoms. The van der Waals surface area contributed by atoms with Crippen molar-refractivity contribution in [3.05, 3.63) is 0 Å². The lowest BCUT2D eigenvalue weighted by Crippen LogP contribution is -2.44. The van der Waals surface area contributed by atoms with Crippen molar-refractivity contribution in [2.24, 2.45) is 17.6 Å². The molecule has 3 nitrogen and oxygen atoms in total. The summed E-state index contributed by atoms with van der Waals surface area (Å²) in [6.45, 7) is 6.06. The van der Waals surface area contributed by atoms with Crippen molar-refractivity contribution in [1.29, 1.82) is 0 Å². The maximum absolute atomic E-state index is 11.9. The van der Waals surface area contributed by atoms with E-state index in [1.165, 1.54) is 32.1 Å². The minimum atomic E-state index is -0.0807. The van der Waals surface area contributed by atoms with Crippen molar-refractivity contribution in [1.82, 2.24) is 5.32 Å². The highest BCUT2D eigenvalue weighted by Crippen LogP contribution is 2.28. The van der Waals surface area contributed by atoms with Gasteiger partial charge in [-0.15, -0.1) is 0 Å². The molecule has 3 N–H and O–H groups in total. The molecule has 1 amide bonds. The standard InChI is InChI=1S/C15H30N2O/c1-4-5-6-13-7-9-14(10-8-13)17-15(18)11(2)12(3)16/h11-14H,4-10,16H2,1-3H3,(H,17,18). The lowest BCUT2D eigenvalue weighted by molar-refractivity contribution is -0.125. The molecular formula is C15H30N2O. The van der Waals surface area contributed by atoms with E-state index < -0.39 is 0 Å². The Morgan fingerprint density at radius 2 is 1.89 bits per heavy atom. The maximum atomic E-state index is 11.9. The van der Waals surface area contributed by atoms with Gasteiger partial charge in [-0.05, 0) is 38.5 Å². The Balaban J connectivity index is 2.25. The van der Waals surface area contributed by atoms with Crippen molar-refractivity contribution in [2.75, 3.05) is 0 Å². The van der Waals surface area contributed by atoms with Gasteiger partial charge in [-0.1, -0.05) is 33.1 Å². The Kier molecular flexibility index (Phi) is 6.69. The summed E-state index contributed by atoms with van der Waals surface area (Å²) in [7, 11) is 0. The number of hydrogen-bond acceptors (Lipinski definition) is 2. The Morgan fingerprint density at radius 1 is 1.28 bits per heavy atom. The van der Waals surface area contributed by atoms with Crippen LogP contribution in [-0.2, 0) is 4.79 Å². The van der Waals surface area contributed by atoms with E-state index in [-0.39, 0.29) is 17.9 Å². The average molecular weight is 254 g/mol. The first-order valence-electron chi connectivity index (χ1n) is 7.60. The van der Waals surface area contributed by atoms with Crippen LogP contribution in [0.3, 0.4) is 0 Å². The molecule has 0 aromatic rings. The number of rotatable bonds is 6. The minimum Gasteiger partial charge on any atom is -0.353 e. The number of unbranched alkanes of at least 4 members (excludes halogenated alkanes) is 1. The molecule has 0 radical (unpaired) electrons. The third-order valence-corrected chi connectivity index (χ3v) is 4.36. The highest BCUT2D eigenvalue weighted by atomic mass is 16.1. The highest BCUT2D eigenvalue weighted by Gasteiger charge is 2.24. The number of amides is 1. The zero-order valence-electron chi connectivity index (χ0n) is 12.2. The summed E-state index contributed by atoms with van der Waals surface area (Å²) >= 11 is 0. The molecule has 2 unspecified atom stereocenters. The zero-order chi connectivity index (χ0) is 13.5. The van der Waals surface area contributed by atoms with Crippen molar-refractivity contribution in [3.63, 3.8) is 0 Å².